The summed E-state index contributed by atoms with van der Waals surface area (Å²) in [4.78, 5) is 46.1. The average molecular weight is 744 g/mol. The van der Waals surface area contributed by atoms with Crippen LogP contribution in [0.2, 0.25) is 0 Å². The fourth-order valence-corrected chi connectivity index (χ4v) is 8.37. The van der Waals surface area contributed by atoms with Gasteiger partial charge in [-0.1, -0.05) is 12.1 Å². The Labute approximate surface area is 312 Å². The van der Waals surface area contributed by atoms with Gasteiger partial charge < -0.3 is 43.2 Å². The van der Waals surface area contributed by atoms with E-state index in [2.05, 4.69) is 20.9 Å². The molecule has 54 heavy (non-hydrogen) atoms. The minimum absolute atomic E-state index is 0.00847. The predicted molar refractivity (Wildman–Crippen MR) is 197 cm³/mol. The van der Waals surface area contributed by atoms with Crippen LogP contribution in [0.5, 0.6) is 28.7 Å². The summed E-state index contributed by atoms with van der Waals surface area (Å²) in [7, 11) is 9.10. The number of H-pyrrole nitrogens is 1. The second kappa shape index (κ2) is 16.6. The van der Waals surface area contributed by atoms with Gasteiger partial charge in [0.2, 0.25) is 11.8 Å². The topological polar surface area (TPSA) is 167 Å². The van der Waals surface area contributed by atoms with E-state index >= 15 is 0 Å². The Morgan fingerprint density at radius 2 is 1.67 bits per heavy atom. The molecule has 1 aliphatic carbocycles. The molecule has 1 aromatic heterocycles. The van der Waals surface area contributed by atoms with Crippen molar-refractivity contribution in [2.24, 2.45) is 22.7 Å². The van der Waals surface area contributed by atoms with Crippen molar-refractivity contribution < 1.29 is 52.6 Å². The Balaban J connectivity index is 0.000000432. The summed E-state index contributed by atoms with van der Waals surface area (Å²) in [5.74, 6) is 0.432. The highest BCUT2D eigenvalue weighted by atomic mass is 16.6. The molecule has 0 spiro atoms. The van der Waals surface area contributed by atoms with Crippen LogP contribution in [-0.2, 0) is 30.2 Å². The molecule has 286 valence electrons. The van der Waals surface area contributed by atoms with Gasteiger partial charge in [0, 0.05) is 42.9 Å². The Morgan fingerprint density at radius 1 is 0.926 bits per heavy atom. The fraction of sp³-hybridized carbons (Fsp3) is 0.425. The molecule has 2 aliphatic heterocycles. The summed E-state index contributed by atoms with van der Waals surface area (Å²) in [6.07, 6.45) is 2.26. The Hall–Kier alpha value is -5.56. The highest BCUT2D eigenvalue weighted by molar-refractivity contribution is 5.91. The van der Waals surface area contributed by atoms with Crippen molar-refractivity contribution in [1.82, 2.24) is 9.88 Å². The lowest BCUT2D eigenvalue weighted by atomic mass is 9.63. The molecule has 0 unspecified atom stereocenters. The number of methoxy groups -OCH3 is 6. The number of aliphatic imine (C=N–C) groups is 1. The number of hydrogen-bond acceptors (Lipinski definition) is 13. The number of nitrogens with zero attached hydrogens (tertiary/aromatic N) is 2. The molecular weight excluding hydrogens is 698 g/mol. The van der Waals surface area contributed by atoms with Crippen LogP contribution < -0.4 is 18.9 Å². The molecule has 0 bridgehead atoms. The van der Waals surface area contributed by atoms with E-state index in [1.807, 2.05) is 12.1 Å². The van der Waals surface area contributed by atoms with E-state index in [0.717, 1.165) is 37.2 Å². The summed E-state index contributed by atoms with van der Waals surface area (Å²) in [5, 5.41) is 10.2. The van der Waals surface area contributed by atoms with Gasteiger partial charge in [-0.3, -0.25) is 9.69 Å². The normalized spacial score (nSPS) is 22.9. The number of isocyanates is 1. The first-order valence-electron chi connectivity index (χ1n) is 17.6. The van der Waals surface area contributed by atoms with Crippen LogP contribution in [0.25, 0.3) is 10.9 Å². The number of phenolic OH excluding ortho intramolecular Hbond substituents is 1. The zero-order valence-corrected chi connectivity index (χ0v) is 31.1. The van der Waals surface area contributed by atoms with E-state index in [-0.39, 0.29) is 40.8 Å². The van der Waals surface area contributed by atoms with Crippen molar-refractivity contribution in [2.45, 2.75) is 37.5 Å². The number of phenols is 1. The molecule has 0 radical (unpaired) electrons. The van der Waals surface area contributed by atoms with Gasteiger partial charge in [-0.15, -0.1) is 0 Å². The van der Waals surface area contributed by atoms with Crippen LogP contribution in [0.4, 0.5) is 5.69 Å². The highest BCUT2D eigenvalue weighted by Gasteiger charge is 2.54. The van der Waals surface area contributed by atoms with Gasteiger partial charge in [-0.05, 0) is 73.1 Å². The number of piperidine rings is 1. The quantitative estimate of drug-likeness (QED) is 0.125. The minimum atomic E-state index is -0.670. The SMILES string of the molecule is COC(=O)[C@H]1[C@H]2C[C@@H]3c4[nH]c5cc(OC)ccc5c4CCN3C[C@H]2C[C@@H](OC(=O)c2cc(OC)c(OC)c(OC)c2)[C@@H]1OC.O=C=Nc1ccccc1O. The summed E-state index contributed by atoms with van der Waals surface area (Å²) in [5.41, 5.74) is 4.08. The van der Waals surface area contributed by atoms with Gasteiger partial charge in [0.1, 0.15) is 29.4 Å². The lowest BCUT2D eigenvalue weighted by molar-refractivity contribution is -0.176. The molecule has 14 heteroatoms. The van der Waals surface area contributed by atoms with Crippen LogP contribution in [0.15, 0.2) is 59.6 Å². The molecule has 3 aromatic carbocycles. The number of aromatic nitrogens is 1. The molecule has 2 fully saturated rings. The molecular formula is C40H45N3O11. The average Bonchev–Trinajstić information content (AvgIpc) is 3.58. The number of ether oxygens (including phenoxy) is 7. The van der Waals surface area contributed by atoms with E-state index in [9.17, 15) is 14.4 Å². The monoisotopic (exact) mass is 743 g/mol. The number of fused-ring (bicyclic) bond motifs is 6. The van der Waals surface area contributed by atoms with E-state index < -0.39 is 24.1 Å². The van der Waals surface area contributed by atoms with Crippen LogP contribution >= 0.6 is 0 Å². The Morgan fingerprint density at radius 3 is 2.30 bits per heavy atom. The largest absolute Gasteiger partial charge is 0.506 e. The third kappa shape index (κ3) is 7.32. The third-order valence-electron chi connectivity index (χ3n) is 10.8. The first-order chi connectivity index (χ1) is 26.2. The smallest absolute Gasteiger partial charge is 0.338 e. The van der Waals surface area contributed by atoms with Crippen LogP contribution in [0.1, 0.15) is 40.5 Å². The predicted octanol–water partition coefficient (Wildman–Crippen LogP) is 5.53. The van der Waals surface area contributed by atoms with Gasteiger partial charge in [-0.25, -0.2) is 9.59 Å². The zero-order chi connectivity index (χ0) is 38.5. The number of benzene rings is 3. The maximum atomic E-state index is 13.5. The summed E-state index contributed by atoms with van der Waals surface area (Å²) in [6.45, 7) is 1.68. The lowest BCUT2D eigenvalue weighted by Gasteiger charge is -2.52. The maximum Gasteiger partial charge on any atom is 0.338 e. The van der Waals surface area contributed by atoms with Crippen molar-refractivity contribution in [3.8, 4) is 28.7 Å². The Bertz CT molecular complexity index is 2020. The number of aromatic amines is 1. The molecule has 7 rings (SSSR count). The number of para-hydroxylation sites is 2. The van der Waals surface area contributed by atoms with Gasteiger partial charge in [0.05, 0.1) is 53.1 Å². The third-order valence-corrected chi connectivity index (χ3v) is 10.8. The number of carbonyl (C=O) groups is 2. The summed E-state index contributed by atoms with van der Waals surface area (Å²) in [6, 6.07) is 15.7. The molecule has 0 amide bonds. The van der Waals surface area contributed by atoms with E-state index in [1.54, 1.807) is 38.5 Å². The fourth-order valence-electron chi connectivity index (χ4n) is 8.37. The maximum absolute atomic E-state index is 13.5. The number of hydrogen-bond donors (Lipinski definition) is 2. The van der Waals surface area contributed by atoms with Gasteiger partial charge >= 0.3 is 11.9 Å². The molecule has 4 aromatic rings. The molecule has 14 nitrogen and oxygen atoms in total. The van der Waals surface area contributed by atoms with E-state index in [0.29, 0.717) is 23.7 Å². The standard InChI is InChI=1S/C33H40N2O9.C7H5NO2/c1-38-19-7-8-20-21-9-10-35-16-18-13-27(44-32(36)17-11-25(39-2)30(41-4)26(12-17)40-3)31(42-5)28(33(37)43-6)22(18)15-24(35)29(21)34-23(20)14-19;9-5-8-6-3-1-2-4-7(6)10/h7-8,11-12,14,18,22,24,27-28,31,34H,9-10,13,15-16H2,1-6H3;1-4,10H/t18-,22+,24-,27-,28+,31+;/m1./s1. The van der Waals surface area contributed by atoms with Crippen molar-refractivity contribution in [1.29, 1.82) is 0 Å². The van der Waals surface area contributed by atoms with Gasteiger partial charge in [0.25, 0.3) is 0 Å². The molecule has 1 saturated carbocycles. The number of nitrogens with one attached hydrogen (secondary N) is 1. The van der Waals surface area contributed by atoms with Gasteiger partial charge in [-0.2, -0.15) is 4.99 Å². The van der Waals surface area contributed by atoms with Crippen molar-refractivity contribution in [2.75, 3.05) is 55.7 Å². The van der Waals surface area contributed by atoms with E-state index in [4.69, 9.17) is 38.3 Å². The van der Waals surface area contributed by atoms with Crippen molar-refractivity contribution in [3.05, 3.63) is 71.4 Å². The molecule has 3 aliphatic rings. The van der Waals surface area contributed by atoms with Gasteiger partial charge in [0.15, 0.2) is 11.5 Å². The lowest BCUT2D eigenvalue weighted by Crippen LogP contribution is -2.58. The summed E-state index contributed by atoms with van der Waals surface area (Å²) < 4.78 is 39.1. The second-order valence-corrected chi connectivity index (χ2v) is 13.4. The number of aromatic hydroxyl groups is 1. The molecule has 3 heterocycles. The first-order valence-corrected chi connectivity index (χ1v) is 17.6. The zero-order valence-electron chi connectivity index (χ0n) is 31.1. The minimum Gasteiger partial charge on any atom is -0.506 e. The number of carbonyl (C=O) groups excluding carboxylic acids is 3. The molecule has 6 atom stereocenters. The Kier molecular flexibility index (Phi) is 11.8. The van der Waals surface area contributed by atoms with E-state index in [1.165, 1.54) is 63.3 Å². The highest BCUT2D eigenvalue weighted by Crippen LogP contribution is 2.51. The number of esters is 2. The number of rotatable bonds is 9. The van der Waals surface area contributed by atoms with Crippen LogP contribution in [0.3, 0.4) is 0 Å². The molecule has 2 N–H and O–H groups in total. The van der Waals surface area contributed by atoms with Crippen LogP contribution in [-0.4, -0.2) is 101 Å². The van der Waals surface area contributed by atoms with Crippen LogP contribution in [0, 0.1) is 17.8 Å². The van der Waals surface area contributed by atoms with Crippen molar-refractivity contribution in [3.63, 3.8) is 0 Å². The summed E-state index contributed by atoms with van der Waals surface area (Å²) >= 11 is 0. The molecule has 1 saturated heterocycles. The first kappa shape index (κ1) is 38.2. The second-order valence-electron chi connectivity index (χ2n) is 13.4. The van der Waals surface area contributed by atoms with Crippen molar-refractivity contribution >= 4 is 34.6 Å².